The summed E-state index contributed by atoms with van der Waals surface area (Å²) in [5.41, 5.74) is 0.833. The number of hydrogen-bond acceptors (Lipinski definition) is 5. The Morgan fingerprint density at radius 3 is 2.40 bits per heavy atom. The van der Waals surface area contributed by atoms with Gasteiger partial charge in [-0.25, -0.2) is 27.3 Å². The lowest BCUT2D eigenvalue weighted by atomic mass is 10.1. The third-order valence-electron chi connectivity index (χ3n) is 3.38. The van der Waals surface area contributed by atoms with Crippen LogP contribution in [0.15, 0.2) is 45.4 Å². The molecule has 0 spiro atoms. The Morgan fingerprint density at radius 2 is 1.84 bits per heavy atom. The molecule has 0 aliphatic rings. The molecule has 0 radical (unpaired) electrons. The summed E-state index contributed by atoms with van der Waals surface area (Å²) in [5.74, 6) is -2.38. The zero-order chi connectivity index (χ0) is 18.4. The molecule has 2 N–H and O–H groups in total. The predicted octanol–water partition coefficient (Wildman–Crippen LogP) is 2.20. The number of aromatic nitrogens is 2. The molecule has 10 heteroatoms. The maximum atomic E-state index is 14.1. The van der Waals surface area contributed by atoms with Gasteiger partial charge in [0.05, 0.1) is 5.69 Å². The van der Waals surface area contributed by atoms with E-state index in [-0.39, 0.29) is 17.1 Å². The highest BCUT2D eigenvalue weighted by atomic mass is 32.2. The van der Waals surface area contributed by atoms with Gasteiger partial charge in [0.2, 0.25) is 10.0 Å². The Bertz CT molecular complexity index is 1110. The summed E-state index contributed by atoms with van der Waals surface area (Å²) >= 11 is 0.828. The average molecular weight is 383 g/mol. The van der Waals surface area contributed by atoms with Gasteiger partial charge in [0.1, 0.15) is 17.5 Å². The van der Waals surface area contributed by atoms with E-state index in [0.717, 1.165) is 23.5 Å². The van der Waals surface area contributed by atoms with Crippen LogP contribution in [-0.2, 0) is 10.0 Å². The first-order valence-electron chi connectivity index (χ1n) is 6.85. The molecule has 2 heterocycles. The van der Waals surface area contributed by atoms with Crippen LogP contribution in [0.4, 0.5) is 8.78 Å². The maximum Gasteiger partial charge on any atom is 0.313 e. The average Bonchev–Trinajstić information content (AvgIpc) is 2.86. The maximum absolute atomic E-state index is 14.1. The number of nitrogens with two attached hydrogens (primary N) is 1. The van der Waals surface area contributed by atoms with Crippen LogP contribution in [0.2, 0.25) is 0 Å². The number of halogens is 2. The highest BCUT2D eigenvalue weighted by molar-refractivity contribution is 7.89. The van der Waals surface area contributed by atoms with Gasteiger partial charge in [0.25, 0.3) is 0 Å². The van der Waals surface area contributed by atoms with Crippen LogP contribution in [-0.4, -0.2) is 18.0 Å². The minimum absolute atomic E-state index is 0.0101. The second-order valence-electron chi connectivity index (χ2n) is 5.17. The summed E-state index contributed by atoms with van der Waals surface area (Å²) in [4.78, 5) is 14.8. The second kappa shape index (κ2) is 6.14. The van der Waals surface area contributed by atoms with Gasteiger partial charge in [-0.3, -0.25) is 9.36 Å². The number of nitrogens with zero attached hydrogens (tertiary/aromatic N) is 2. The van der Waals surface area contributed by atoms with Crippen molar-refractivity contribution in [2.24, 2.45) is 5.14 Å². The SMILES string of the molecule is Cc1cccc(-n2c(-c3cc(F)c(S(N)(=O)=O)c(F)c3)csc2=O)n1. The number of pyridine rings is 1. The molecule has 1 aromatic carbocycles. The second-order valence-corrected chi connectivity index (χ2v) is 7.49. The Hall–Kier alpha value is -2.43. The van der Waals surface area contributed by atoms with Crippen molar-refractivity contribution in [2.45, 2.75) is 11.8 Å². The number of thiazole rings is 1. The quantitative estimate of drug-likeness (QED) is 0.750. The summed E-state index contributed by atoms with van der Waals surface area (Å²) in [6, 6.07) is 6.64. The molecule has 3 aromatic rings. The van der Waals surface area contributed by atoms with E-state index in [1.54, 1.807) is 25.1 Å². The molecule has 0 saturated heterocycles. The van der Waals surface area contributed by atoms with E-state index >= 15 is 0 Å². The number of hydrogen-bond donors (Lipinski definition) is 1. The first-order chi connectivity index (χ1) is 11.7. The molecule has 0 atom stereocenters. The molecule has 0 fully saturated rings. The van der Waals surface area contributed by atoms with Crippen molar-refractivity contribution in [3.63, 3.8) is 0 Å². The molecule has 0 unspecified atom stereocenters. The number of benzene rings is 1. The summed E-state index contributed by atoms with van der Waals surface area (Å²) in [5, 5.41) is 6.23. The molecule has 130 valence electrons. The third kappa shape index (κ3) is 3.23. The molecule has 3 rings (SSSR count). The van der Waals surface area contributed by atoms with Crippen LogP contribution in [0.1, 0.15) is 5.69 Å². The highest BCUT2D eigenvalue weighted by Gasteiger charge is 2.23. The Labute approximate surface area is 145 Å². The van der Waals surface area contributed by atoms with Crippen molar-refractivity contribution in [3.05, 3.63) is 62.7 Å². The Morgan fingerprint density at radius 1 is 1.20 bits per heavy atom. The van der Waals surface area contributed by atoms with Gasteiger partial charge < -0.3 is 0 Å². The molecular weight excluding hydrogens is 372 g/mol. The molecule has 0 aliphatic heterocycles. The number of sulfonamides is 1. The lowest BCUT2D eigenvalue weighted by Gasteiger charge is -2.10. The third-order valence-corrected chi connectivity index (χ3v) is 5.06. The van der Waals surface area contributed by atoms with E-state index < -0.39 is 31.4 Å². The fourth-order valence-electron chi connectivity index (χ4n) is 2.36. The minimum Gasteiger partial charge on any atom is -0.256 e. The van der Waals surface area contributed by atoms with E-state index in [2.05, 4.69) is 4.98 Å². The van der Waals surface area contributed by atoms with Crippen molar-refractivity contribution < 1.29 is 17.2 Å². The highest BCUT2D eigenvalue weighted by Crippen LogP contribution is 2.28. The lowest BCUT2D eigenvalue weighted by Crippen LogP contribution is -2.17. The number of aryl methyl sites for hydroxylation is 1. The fourth-order valence-corrected chi connectivity index (χ4v) is 3.77. The molecular formula is C15H11F2N3O3S2. The molecule has 0 bridgehead atoms. The zero-order valence-electron chi connectivity index (χ0n) is 12.7. The van der Waals surface area contributed by atoms with Crippen LogP contribution >= 0.6 is 11.3 Å². The van der Waals surface area contributed by atoms with Crippen molar-refractivity contribution in [2.75, 3.05) is 0 Å². The van der Waals surface area contributed by atoms with Crippen LogP contribution in [0, 0.1) is 18.6 Å². The van der Waals surface area contributed by atoms with Crippen LogP contribution in [0.3, 0.4) is 0 Å². The first-order valence-corrected chi connectivity index (χ1v) is 9.28. The van der Waals surface area contributed by atoms with E-state index in [4.69, 9.17) is 5.14 Å². The monoisotopic (exact) mass is 383 g/mol. The Balaban J connectivity index is 2.25. The van der Waals surface area contributed by atoms with Crippen LogP contribution in [0.25, 0.3) is 17.1 Å². The van der Waals surface area contributed by atoms with Gasteiger partial charge in [-0.2, -0.15) is 0 Å². The van der Waals surface area contributed by atoms with Crippen molar-refractivity contribution in [1.29, 1.82) is 0 Å². The van der Waals surface area contributed by atoms with E-state index in [1.807, 2.05) is 0 Å². The molecule has 25 heavy (non-hydrogen) atoms. The van der Waals surface area contributed by atoms with Crippen molar-refractivity contribution in [3.8, 4) is 17.1 Å². The summed E-state index contributed by atoms with van der Waals surface area (Å²) in [6.07, 6.45) is 0. The van der Waals surface area contributed by atoms with Crippen LogP contribution < -0.4 is 10.0 Å². The smallest absolute Gasteiger partial charge is 0.256 e. The largest absolute Gasteiger partial charge is 0.313 e. The van der Waals surface area contributed by atoms with Crippen molar-refractivity contribution >= 4 is 21.4 Å². The van der Waals surface area contributed by atoms with E-state index in [9.17, 15) is 22.0 Å². The molecule has 6 nitrogen and oxygen atoms in total. The zero-order valence-corrected chi connectivity index (χ0v) is 14.4. The first kappa shape index (κ1) is 17.4. The summed E-state index contributed by atoms with van der Waals surface area (Å²) < 4.78 is 52.0. The van der Waals surface area contributed by atoms with E-state index in [0.29, 0.717) is 5.69 Å². The standard InChI is InChI=1S/C15H11F2N3O3S2/c1-8-3-2-4-13(19-8)20-12(7-24-15(20)21)9-5-10(16)14(11(17)6-9)25(18,22)23/h2-7H,1H3,(H2,18,22,23). The van der Waals surface area contributed by atoms with Gasteiger partial charge in [0, 0.05) is 16.6 Å². The van der Waals surface area contributed by atoms with Crippen molar-refractivity contribution in [1.82, 2.24) is 9.55 Å². The lowest BCUT2D eigenvalue weighted by molar-refractivity contribution is 0.520. The van der Waals surface area contributed by atoms with E-state index in [1.165, 1.54) is 9.95 Å². The molecule has 2 aromatic heterocycles. The Kier molecular flexibility index (Phi) is 4.27. The summed E-state index contributed by atoms with van der Waals surface area (Å²) in [7, 11) is -4.55. The van der Waals surface area contributed by atoms with Gasteiger partial charge >= 0.3 is 4.87 Å². The number of rotatable bonds is 3. The van der Waals surface area contributed by atoms with Gasteiger partial charge in [-0.05, 0) is 31.2 Å². The molecule has 0 aliphatic carbocycles. The predicted molar refractivity (Wildman–Crippen MR) is 89.2 cm³/mol. The van der Waals surface area contributed by atoms with Gasteiger partial charge in [0.15, 0.2) is 4.90 Å². The molecule has 0 saturated carbocycles. The van der Waals surface area contributed by atoms with Crippen LogP contribution in [0.5, 0.6) is 0 Å². The van der Waals surface area contributed by atoms with Gasteiger partial charge in [-0.15, -0.1) is 0 Å². The van der Waals surface area contributed by atoms with Gasteiger partial charge in [-0.1, -0.05) is 17.4 Å². The fraction of sp³-hybridized carbons (Fsp3) is 0.0667. The normalized spacial score (nSPS) is 11.7. The molecule has 0 amide bonds. The summed E-state index contributed by atoms with van der Waals surface area (Å²) in [6.45, 7) is 1.74. The minimum atomic E-state index is -4.55. The number of primary sulfonamides is 1. The topological polar surface area (TPSA) is 95.0 Å².